The van der Waals surface area contributed by atoms with Crippen LogP contribution in [0.15, 0.2) is 65.6 Å². The number of nitrogens with zero attached hydrogens (tertiary/aromatic N) is 2. The largest absolute Gasteiger partial charge is 0.488 e. The van der Waals surface area contributed by atoms with Crippen molar-refractivity contribution in [1.29, 1.82) is 0 Å². The van der Waals surface area contributed by atoms with Gasteiger partial charge in [0, 0.05) is 36.4 Å². The minimum atomic E-state index is -3.83. The first-order valence-electron chi connectivity index (χ1n) is 14.0. The van der Waals surface area contributed by atoms with Crippen molar-refractivity contribution < 1.29 is 27.9 Å². The summed E-state index contributed by atoms with van der Waals surface area (Å²) in [6.45, 7) is 5.39. The van der Waals surface area contributed by atoms with Gasteiger partial charge in [-0.15, -0.1) is 0 Å². The lowest BCUT2D eigenvalue weighted by Crippen LogP contribution is -2.48. The number of aryl methyl sites for hydroxylation is 1. The SMILES string of the molecule is Cc1ccccc1S(=O)(=O)N(C)C[C@@H]1Oc2ccc(NC(=O)Nc3ccc(Cl)c(Cl)c3)cc2CC(=O)N([C@@H](C)CO)C[C@@H]1C. The highest BCUT2D eigenvalue weighted by Gasteiger charge is 2.34. The van der Waals surface area contributed by atoms with Gasteiger partial charge < -0.3 is 25.4 Å². The van der Waals surface area contributed by atoms with Crippen molar-refractivity contribution in [3.05, 3.63) is 81.8 Å². The van der Waals surface area contributed by atoms with Gasteiger partial charge in [-0.2, -0.15) is 4.31 Å². The number of rotatable bonds is 8. The molecule has 0 radical (unpaired) electrons. The first kappa shape index (κ1) is 33.5. The third-order valence-corrected chi connectivity index (χ3v) is 10.3. The number of hydrogen-bond acceptors (Lipinski definition) is 6. The highest BCUT2D eigenvalue weighted by molar-refractivity contribution is 7.89. The third kappa shape index (κ3) is 7.83. The lowest BCUT2D eigenvalue weighted by Gasteiger charge is -2.34. The summed E-state index contributed by atoms with van der Waals surface area (Å²) in [5.74, 6) is -0.142. The van der Waals surface area contributed by atoms with Crippen LogP contribution in [0.4, 0.5) is 16.2 Å². The summed E-state index contributed by atoms with van der Waals surface area (Å²) >= 11 is 12.0. The molecule has 44 heavy (non-hydrogen) atoms. The Morgan fingerprint density at radius 2 is 1.75 bits per heavy atom. The summed E-state index contributed by atoms with van der Waals surface area (Å²) < 4.78 is 34.7. The number of sulfonamides is 1. The molecule has 0 unspecified atom stereocenters. The Labute approximate surface area is 268 Å². The molecule has 0 spiro atoms. The Balaban J connectivity index is 1.62. The van der Waals surface area contributed by atoms with E-state index in [4.69, 9.17) is 27.9 Å². The maximum Gasteiger partial charge on any atom is 0.323 e. The van der Waals surface area contributed by atoms with Crippen LogP contribution in [0.2, 0.25) is 10.0 Å². The molecule has 1 aliphatic heterocycles. The van der Waals surface area contributed by atoms with Crippen molar-refractivity contribution in [3.63, 3.8) is 0 Å². The Morgan fingerprint density at radius 1 is 1.09 bits per heavy atom. The number of ether oxygens (including phenoxy) is 1. The fourth-order valence-corrected chi connectivity index (χ4v) is 6.66. The van der Waals surface area contributed by atoms with Gasteiger partial charge in [0.25, 0.3) is 0 Å². The quantitative estimate of drug-likeness (QED) is 0.296. The number of fused-ring (bicyclic) bond motifs is 1. The molecular formula is C31H36Cl2N4O6S. The fourth-order valence-electron chi connectivity index (χ4n) is 4.96. The minimum Gasteiger partial charge on any atom is -0.488 e. The zero-order chi connectivity index (χ0) is 32.2. The number of aliphatic hydroxyl groups is 1. The number of benzene rings is 3. The van der Waals surface area contributed by atoms with E-state index >= 15 is 0 Å². The van der Waals surface area contributed by atoms with E-state index in [9.17, 15) is 23.1 Å². The molecule has 0 aliphatic carbocycles. The van der Waals surface area contributed by atoms with Crippen LogP contribution in [0.1, 0.15) is 25.0 Å². The van der Waals surface area contributed by atoms with E-state index in [0.717, 1.165) is 0 Å². The average molecular weight is 664 g/mol. The predicted molar refractivity (Wildman–Crippen MR) is 172 cm³/mol. The van der Waals surface area contributed by atoms with Crippen molar-refractivity contribution in [3.8, 4) is 5.75 Å². The number of carbonyl (C=O) groups excluding carboxylic acids is 2. The molecule has 10 nitrogen and oxygen atoms in total. The van der Waals surface area contributed by atoms with Gasteiger partial charge in [-0.3, -0.25) is 4.79 Å². The lowest BCUT2D eigenvalue weighted by molar-refractivity contribution is -0.134. The molecule has 0 fully saturated rings. The van der Waals surface area contributed by atoms with Gasteiger partial charge in [-0.25, -0.2) is 13.2 Å². The predicted octanol–water partition coefficient (Wildman–Crippen LogP) is 5.42. The number of amides is 3. The highest BCUT2D eigenvalue weighted by atomic mass is 35.5. The third-order valence-electron chi connectivity index (χ3n) is 7.57. The molecular weight excluding hydrogens is 627 g/mol. The molecule has 3 aromatic carbocycles. The minimum absolute atomic E-state index is 0.0128. The Kier molecular flexibility index (Phi) is 10.8. The van der Waals surface area contributed by atoms with Crippen LogP contribution in [0, 0.1) is 12.8 Å². The highest BCUT2D eigenvalue weighted by Crippen LogP contribution is 2.31. The number of urea groups is 1. The number of aliphatic hydroxyl groups excluding tert-OH is 1. The summed E-state index contributed by atoms with van der Waals surface area (Å²) in [4.78, 5) is 28.0. The van der Waals surface area contributed by atoms with Gasteiger partial charge in [0.2, 0.25) is 15.9 Å². The lowest BCUT2D eigenvalue weighted by atomic mass is 10.0. The molecule has 13 heteroatoms. The topological polar surface area (TPSA) is 128 Å². The number of carbonyl (C=O) groups is 2. The van der Waals surface area contributed by atoms with Crippen molar-refractivity contribution in [1.82, 2.24) is 9.21 Å². The number of nitrogens with one attached hydrogen (secondary N) is 2. The van der Waals surface area contributed by atoms with Gasteiger partial charge in [-0.1, -0.05) is 48.3 Å². The second-order valence-electron chi connectivity index (χ2n) is 11.0. The van der Waals surface area contributed by atoms with Gasteiger partial charge >= 0.3 is 6.03 Å². The summed E-state index contributed by atoms with van der Waals surface area (Å²) in [6.07, 6.45) is -0.700. The number of hydrogen-bond donors (Lipinski definition) is 3. The van der Waals surface area contributed by atoms with E-state index in [1.807, 2.05) is 6.92 Å². The van der Waals surface area contributed by atoms with Gasteiger partial charge in [0.15, 0.2) is 0 Å². The number of halogens is 2. The monoisotopic (exact) mass is 662 g/mol. The molecule has 236 valence electrons. The Morgan fingerprint density at radius 3 is 2.41 bits per heavy atom. The first-order chi connectivity index (χ1) is 20.8. The zero-order valence-corrected chi connectivity index (χ0v) is 27.2. The van der Waals surface area contributed by atoms with E-state index < -0.39 is 28.2 Å². The molecule has 0 bridgehead atoms. The molecule has 1 aliphatic rings. The molecule has 0 saturated carbocycles. The van der Waals surface area contributed by atoms with Crippen molar-refractivity contribution in [2.45, 2.75) is 44.2 Å². The number of anilines is 2. The molecule has 4 rings (SSSR count). The standard InChI is InChI=1S/C31H36Cl2N4O6S/c1-19-7-5-6-8-29(19)44(41,42)36(4)17-28-20(2)16-37(21(3)18-38)30(39)14-22-13-23(10-12-27(22)43-28)34-31(40)35-24-9-11-25(32)26(33)15-24/h5-13,15,20-21,28,38H,14,16-18H2,1-4H3,(H2,34,35,40)/t20-,21-,28-/m0/s1. The Hall–Kier alpha value is -3.35. The first-order valence-corrected chi connectivity index (χ1v) is 16.2. The van der Waals surface area contributed by atoms with Gasteiger partial charge in [0.05, 0.1) is 40.6 Å². The fraction of sp³-hybridized carbons (Fsp3) is 0.355. The summed E-state index contributed by atoms with van der Waals surface area (Å²) in [5, 5.41) is 16.0. The summed E-state index contributed by atoms with van der Waals surface area (Å²) in [7, 11) is -2.33. The van der Waals surface area contributed by atoms with Crippen LogP contribution in [-0.2, 0) is 21.2 Å². The van der Waals surface area contributed by atoms with E-state index in [1.165, 1.54) is 17.4 Å². The van der Waals surface area contributed by atoms with Crippen molar-refractivity contribution in [2.75, 3.05) is 37.4 Å². The van der Waals surface area contributed by atoms with Gasteiger partial charge in [0.1, 0.15) is 11.9 Å². The van der Waals surface area contributed by atoms with Gasteiger partial charge in [-0.05, 0) is 61.9 Å². The van der Waals surface area contributed by atoms with Crippen molar-refractivity contribution >= 4 is 56.5 Å². The van der Waals surface area contributed by atoms with Crippen LogP contribution in [0.3, 0.4) is 0 Å². The molecule has 3 atom stereocenters. The molecule has 0 aromatic heterocycles. The second-order valence-corrected chi connectivity index (χ2v) is 13.8. The summed E-state index contributed by atoms with van der Waals surface area (Å²) in [6, 6.07) is 15.4. The van der Waals surface area contributed by atoms with Crippen LogP contribution >= 0.6 is 23.2 Å². The molecule has 0 saturated heterocycles. The molecule has 1 heterocycles. The van der Waals surface area contributed by atoms with Crippen LogP contribution in [0.25, 0.3) is 0 Å². The van der Waals surface area contributed by atoms with Crippen LogP contribution in [0.5, 0.6) is 5.75 Å². The Bertz CT molecular complexity index is 1640. The maximum absolute atomic E-state index is 13.5. The second kappa shape index (κ2) is 14.2. The molecule has 3 N–H and O–H groups in total. The van der Waals surface area contributed by atoms with E-state index in [0.29, 0.717) is 38.3 Å². The van der Waals surface area contributed by atoms with E-state index in [1.54, 1.807) is 73.3 Å². The van der Waals surface area contributed by atoms with E-state index in [-0.39, 0.29) is 42.8 Å². The van der Waals surface area contributed by atoms with Crippen LogP contribution < -0.4 is 15.4 Å². The van der Waals surface area contributed by atoms with Crippen LogP contribution in [-0.4, -0.2) is 73.6 Å². The normalized spacial score (nSPS) is 18.0. The molecule has 3 amide bonds. The van der Waals surface area contributed by atoms with E-state index in [2.05, 4.69) is 10.6 Å². The maximum atomic E-state index is 13.5. The smallest absolute Gasteiger partial charge is 0.323 e. The zero-order valence-electron chi connectivity index (χ0n) is 24.9. The summed E-state index contributed by atoms with van der Waals surface area (Å²) in [5.41, 5.74) is 1.97. The number of likely N-dealkylation sites (N-methyl/N-ethyl adjacent to an activating group) is 1. The van der Waals surface area contributed by atoms with Crippen molar-refractivity contribution in [2.24, 2.45) is 5.92 Å². The molecule has 3 aromatic rings. The average Bonchev–Trinajstić information content (AvgIpc) is 3.02.